The third-order valence-electron chi connectivity index (χ3n) is 3.87. The molecule has 0 aromatic carbocycles. The molecule has 1 aliphatic rings. The van der Waals surface area contributed by atoms with Gasteiger partial charge in [-0.15, -0.1) is 0 Å². The molecule has 0 radical (unpaired) electrons. The normalized spacial score (nSPS) is 22.1. The van der Waals surface area contributed by atoms with Gasteiger partial charge in [0.1, 0.15) is 0 Å². The lowest BCUT2D eigenvalue weighted by Crippen LogP contribution is -2.48. The third kappa shape index (κ3) is 3.59. The van der Waals surface area contributed by atoms with Gasteiger partial charge in [-0.05, 0) is 42.9 Å². The molecule has 0 bridgehead atoms. The number of aromatic nitrogens is 2. The third-order valence-corrected chi connectivity index (χ3v) is 5.53. The van der Waals surface area contributed by atoms with Crippen molar-refractivity contribution in [2.24, 2.45) is 0 Å². The van der Waals surface area contributed by atoms with Crippen LogP contribution in [0.2, 0.25) is 0 Å². The van der Waals surface area contributed by atoms with Crippen molar-refractivity contribution in [2.75, 3.05) is 31.6 Å². The second-order valence-corrected chi connectivity index (χ2v) is 7.25. The molecule has 2 heterocycles. The molecule has 1 saturated heterocycles. The Balaban J connectivity index is 2.28. The van der Waals surface area contributed by atoms with Crippen LogP contribution in [0.1, 0.15) is 32.0 Å². The van der Waals surface area contributed by atoms with Gasteiger partial charge in [0.15, 0.2) is 0 Å². The van der Waals surface area contributed by atoms with Gasteiger partial charge in [-0.2, -0.15) is 16.9 Å². The van der Waals surface area contributed by atoms with E-state index >= 15 is 0 Å². The number of nitrogens with one attached hydrogen (secondary N) is 1. The maximum atomic E-state index is 4.49. The first-order valence-corrected chi connectivity index (χ1v) is 9.36. The average Bonchev–Trinajstić information content (AvgIpc) is 2.82. The summed E-state index contributed by atoms with van der Waals surface area (Å²) in [5.74, 6) is 2.42. The molecule has 1 aromatic rings. The van der Waals surface area contributed by atoms with Crippen molar-refractivity contribution >= 4 is 27.7 Å². The Labute approximate surface area is 134 Å². The molecule has 0 saturated carbocycles. The highest BCUT2D eigenvalue weighted by molar-refractivity contribution is 9.10. The number of thioether (sulfide) groups is 1. The average molecular weight is 361 g/mol. The fraction of sp³-hybridized carbons (Fsp3) is 0.786. The molecule has 2 atom stereocenters. The minimum atomic E-state index is 0.338. The van der Waals surface area contributed by atoms with Crippen LogP contribution in [0, 0.1) is 0 Å². The predicted octanol–water partition coefficient (Wildman–Crippen LogP) is 2.75. The van der Waals surface area contributed by atoms with Crippen LogP contribution < -0.4 is 5.32 Å². The first kappa shape index (κ1) is 16.3. The van der Waals surface area contributed by atoms with E-state index < -0.39 is 0 Å². The van der Waals surface area contributed by atoms with Crippen LogP contribution in [0.5, 0.6) is 0 Å². The summed E-state index contributed by atoms with van der Waals surface area (Å²) >= 11 is 5.75. The fourth-order valence-electron chi connectivity index (χ4n) is 2.70. The van der Waals surface area contributed by atoms with Gasteiger partial charge in [0.2, 0.25) is 0 Å². The highest BCUT2D eigenvalue weighted by Gasteiger charge is 2.32. The predicted molar refractivity (Wildman–Crippen MR) is 90.4 cm³/mol. The largest absolute Gasteiger partial charge is 0.307 e. The summed E-state index contributed by atoms with van der Waals surface area (Å²) < 4.78 is 3.24. The second-order valence-electron chi connectivity index (χ2n) is 5.25. The number of halogens is 1. The van der Waals surface area contributed by atoms with E-state index in [0.29, 0.717) is 12.1 Å². The number of rotatable bonds is 6. The number of likely N-dealkylation sites (N-methyl/N-ethyl adjacent to an activating group) is 1. The maximum absolute atomic E-state index is 4.49. The highest BCUT2D eigenvalue weighted by atomic mass is 79.9. The fourth-order valence-corrected chi connectivity index (χ4v) is 4.52. The second kappa shape index (κ2) is 7.82. The zero-order valence-corrected chi connectivity index (χ0v) is 15.0. The van der Waals surface area contributed by atoms with Crippen molar-refractivity contribution in [3.05, 3.63) is 16.4 Å². The summed E-state index contributed by atoms with van der Waals surface area (Å²) in [6.45, 7) is 7.49. The van der Waals surface area contributed by atoms with E-state index in [1.165, 1.54) is 17.2 Å². The van der Waals surface area contributed by atoms with E-state index in [1.807, 2.05) is 6.20 Å². The van der Waals surface area contributed by atoms with Crippen LogP contribution in [-0.4, -0.2) is 52.4 Å². The first-order chi connectivity index (χ1) is 9.69. The van der Waals surface area contributed by atoms with Gasteiger partial charge in [0.05, 0.1) is 22.4 Å². The lowest BCUT2D eigenvalue weighted by Gasteiger charge is -2.38. The van der Waals surface area contributed by atoms with Crippen molar-refractivity contribution < 1.29 is 0 Å². The molecular formula is C14H25BrN4S. The van der Waals surface area contributed by atoms with Gasteiger partial charge in [-0.1, -0.05) is 6.92 Å². The quantitative estimate of drug-likeness (QED) is 0.845. The molecule has 1 aromatic heterocycles. The Kier molecular flexibility index (Phi) is 6.39. The van der Waals surface area contributed by atoms with E-state index in [2.05, 4.69) is 68.6 Å². The topological polar surface area (TPSA) is 33.1 Å². The minimum absolute atomic E-state index is 0.338. The van der Waals surface area contributed by atoms with Crippen LogP contribution in [0.15, 0.2) is 10.7 Å². The summed E-state index contributed by atoms with van der Waals surface area (Å²) in [4.78, 5) is 2.49. The first-order valence-electron chi connectivity index (χ1n) is 7.41. The molecule has 2 unspecified atom stereocenters. The summed E-state index contributed by atoms with van der Waals surface area (Å²) in [6.07, 6.45) is 3.08. The molecule has 20 heavy (non-hydrogen) atoms. The van der Waals surface area contributed by atoms with Gasteiger partial charge in [-0.25, -0.2) is 0 Å². The standard InChI is InChI=1S/C14H25BrN4S/c1-4-6-16-13(12-10-20-8-7-18(12)3)14-11(15)9-17-19(14)5-2/h9,12-13,16H,4-8,10H2,1-3H3. The van der Waals surface area contributed by atoms with Gasteiger partial charge in [-0.3, -0.25) is 9.58 Å². The van der Waals surface area contributed by atoms with Crippen LogP contribution >= 0.6 is 27.7 Å². The Hall–Kier alpha value is -0.0400. The Bertz CT molecular complexity index is 423. The summed E-state index contributed by atoms with van der Waals surface area (Å²) in [5.41, 5.74) is 1.29. The van der Waals surface area contributed by atoms with E-state index in [0.717, 1.165) is 30.5 Å². The smallest absolute Gasteiger partial charge is 0.0711 e. The maximum Gasteiger partial charge on any atom is 0.0711 e. The van der Waals surface area contributed by atoms with Crippen LogP contribution in [0.4, 0.5) is 0 Å². The van der Waals surface area contributed by atoms with E-state index in [-0.39, 0.29) is 0 Å². The van der Waals surface area contributed by atoms with E-state index in [1.54, 1.807) is 0 Å². The Morgan fingerprint density at radius 3 is 3.00 bits per heavy atom. The monoisotopic (exact) mass is 360 g/mol. The van der Waals surface area contributed by atoms with Gasteiger partial charge in [0.25, 0.3) is 0 Å². The summed E-state index contributed by atoms with van der Waals surface area (Å²) in [6, 6.07) is 0.864. The van der Waals surface area contributed by atoms with Crippen molar-refractivity contribution in [2.45, 2.75) is 38.9 Å². The lowest BCUT2D eigenvalue weighted by molar-refractivity contribution is 0.209. The number of hydrogen-bond acceptors (Lipinski definition) is 4. The number of nitrogens with zero attached hydrogens (tertiary/aromatic N) is 3. The molecule has 1 fully saturated rings. The lowest BCUT2D eigenvalue weighted by atomic mass is 10.0. The van der Waals surface area contributed by atoms with Gasteiger partial charge < -0.3 is 5.32 Å². The van der Waals surface area contributed by atoms with Crippen LogP contribution in [0.25, 0.3) is 0 Å². The van der Waals surface area contributed by atoms with Crippen molar-refractivity contribution in [3.8, 4) is 0 Å². The zero-order valence-electron chi connectivity index (χ0n) is 12.6. The molecule has 1 N–H and O–H groups in total. The number of hydrogen-bond donors (Lipinski definition) is 1. The SMILES string of the molecule is CCCNC(c1c(Br)cnn1CC)C1CSCCN1C. The van der Waals surface area contributed by atoms with Crippen LogP contribution in [0.3, 0.4) is 0 Å². The number of aryl methyl sites for hydroxylation is 1. The molecule has 4 nitrogen and oxygen atoms in total. The molecule has 114 valence electrons. The summed E-state index contributed by atoms with van der Waals surface area (Å²) in [7, 11) is 2.24. The zero-order chi connectivity index (χ0) is 14.5. The summed E-state index contributed by atoms with van der Waals surface area (Å²) in [5, 5.41) is 8.23. The molecule has 0 aliphatic carbocycles. The van der Waals surface area contributed by atoms with Crippen LogP contribution in [-0.2, 0) is 6.54 Å². The highest BCUT2D eigenvalue weighted by Crippen LogP contribution is 2.31. The molecule has 1 aliphatic heterocycles. The minimum Gasteiger partial charge on any atom is -0.307 e. The van der Waals surface area contributed by atoms with Gasteiger partial charge in [0, 0.05) is 30.6 Å². The van der Waals surface area contributed by atoms with E-state index in [4.69, 9.17) is 0 Å². The molecule has 2 rings (SSSR count). The molecular weight excluding hydrogens is 336 g/mol. The van der Waals surface area contributed by atoms with Gasteiger partial charge >= 0.3 is 0 Å². The Morgan fingerprint density at radius 1 is 1.55 bits per heavy atom. The molecule has 6 heteroatoms. The van der Waals surface area contributed by atoms with E-state index in [9.17, 15) is 0 Å². The Morgan fingerprint density at radius 2 is 2.35 bits per heavy atom. The van der Waals surface area contributed by atoms with Crippen molar-refractivity contribution in [1.82, 2.24) is 20.0 Å². The van der Waals surface area contributed by atoms with Crippen molar-refractivity contribution in [1.29, 1.82) is 0 Å². The van der Waals surface area contributed by atoms with Crippen molar-refractivity contribution in [3.63, 3.8) is 0 Å². The molecule has 0 amide bonds. The molecule has 0 spiro atoms.